The van der Waals surface area contributed by atoms with E-state index in [2.05, 4.69) is 10.4 Å². The normalized spacial score (nSPS) is 15.6. The molecule has 1 aromatic rings. The van der Waals surface area contributed by atoms with Gasteiger partial charge in [-0.05, 0) is 12.8 Å². The Morgan fingerprint density at radius 3 is 2.63 bits per heavy atom. The van der Waals surface area contributed by atoms with Crippen molar-refractivity contribution in [2.75, 3.05) is 7.05 Å². The first-order chi connectivity index (χ1) is 8.84. The Hall–Kier alpha value is -1.24. The molecule has 1 fully saturated rings. The summed E-state index contributed by atoms with van der Waals surface area (Å²) in [6.07, 6.45) is -2.88. The van der Waals surface area contributed by atoms with E-state index in [1.165, 1.54) is 11.7 Å². The van der Waals surface area contributed by atoms with Crippen LogP contribution in [0.3, 0.4) is 0 Å². The summed E-state index contributed by atoms with van der Waals surface area (Å²) in [7, 11) is 1.47. The van der Waals surface area contributed by atoms with Crippen LogP contribution in [0.4, 0.5) is 13.2 Å². The van der Waals surface area contributed by atoms with Gasteiger partial charge in [0.15, 0.2) is 5.69 Å². The molecular formula is C11H13ClF3N3O. The quantitative estimate of drug-likeness (QED) is 0.928. The van der Waals surface area contributed by atoms with Crippen molar-refractivity contribution in [1.29, 1.82) is 0 Å². The minimum absolute atomic E-state index is 0.0285. The van der Waals surface area contributed by atoms with Crippen molar-refractivity contribution < 1.29 is 18.0 Å². The van der Waals surface area contributed by atoms with Gasteiger partial charge in [-0.15, -0.1) is 0 Å². The second-order valence-electron chi connectivity index (χ2n) is 4.47. The molecule has 19 heavy (non-hydrogen) atoms. The lowest BCUT2D eigenvalue weighted by Gasteiger charge is -2.06. The van der Waals surface area contributed by atoms with Gasteiger partial charge in [-0.1, -0.05) is 11.6 Å². The maximum atomic E-state index is 12.8. The molecular weight excluding hydrogens is 283 g/mol. The monoisotopic (exact) mass is 295 g/mol. The molecule has 0 atom stereocenters. The van der Waals surface area contributed by atoms with E-state index < -0.39 is 11.9 Å². The van der Waals surface area contributed by atoms with Crippen molar-refractivity contribution in [3.8, 4) is 0 Å². The Morgan fingerprint density at radius 1 is 1.53 bits per heavy atom. The lowest BCUT2D eigenvalue weighted by atomic mass is 10.2. The van der Waals surface area contributed by atoms with Gasteiger partial charge in [-0.3, -0.25) is 9.48 Å². The van der Waals surface area contributed by atoms with Crippen LogP contribution in [0.15, 0.2) is 0 Å². The average Bonchev–Trinajstić information content (AvgIpc) is 3.09. The zero-order valence-corrected chi connectivity index (χ0v) is 11.0. The first-order valence-electron chi connectivity index (χ1n) is 5.88. The highest BCUT2D eigenvalue weighted by molar-refractivity contribution is 6.32. The van der Waals surface area contributed by atoms with Gasteiger partial charge >= 0.3 is 6.18 Å². The third-order valence-electron chi connectivity index (χ3n) is 2.99. The van der Waals surface area contributed by atoms with Crippen LogP contribution in [0.1, 0.15) is 36.6 Å². The van der Waals surface area contributed by atoms with Crippen molar-refractivity contribution in [1.82, 2.24) is 15.1 Å². The summed E-state index contributed by atoms with van der Waals surface area (Å²) in [5.74, 6) is -0.220. The largest absolute Gasteiger partial charge is 0.436 e. The summed E-state index contributed by atoms with van der Waals surface area (Å²) in [4.78, 5) is 11.2. The number of aryl methyl sites for hydroxylation is 1. The van der Waals surface area contributed by atoms with Crippen LogP contribution in [0.2, 0.25) is 5.02 Å². The van der Waals surface area contributed by atoms with E-state index in [4.69, 9.17) is 11.6 Å². The third kappa shape index (κ3) is 3.02. The number of halogens is 4. The SMILES string of the molecule is CNC(=O)CCn1nc(C(F)(F)F)c(Cl)c1C1CC1. The second kappa shape index (κ2) is 5.03. The molecule has 0 spiro atoms. The molecule has 1 aliphatic rings. The molecule has 1 saturated carbocycles. The Morgan fingerprint density at radius 2 is 2.16 bits per heavy atom. The van der Waals surface area contributed by atoms with E-state index >= 15 is 0 Å². The maximum Gasteiger partial charge on any atom is 0.436 e. The number of hydrogen-bond donors (Lipinski definition) is 1. The smallest absolute Gasteiger partial charge is 0.359 e. The van der Waals surface area contributed by atoms with Crippen LogP contribution >= 0.6 is 11.6 Å². The molecule has 0 saturated heterocycles. The molecule has 0 aliphatic heterocycles. The molecule has 1 amide bonds. The number of nitrogens with one attached hydrogen (secondary N) is 1. The van der Waals surface area contributed by atoms with Crippen LogP contribution in [0, 0.1) is 0 Å². The second-order valence-corrected chi connectivity index (χ2v) is 4.84. The van der Waals surface area contributed by atoms with Gasteiger partial charge in [-0.25, -0.2) is 0 Å². The van der Waals surface area contributed by atoms with Crippen LogP contribution in [-0.2, 0) is 17.5 Å². The number of carbonyl (C=O) groups excluding carboxylic acids is 1. The van der Waals surface area contributed by atoms with Gasteiger partial charge < -0.3 is 5.32 Å². The lowest BCUT2D eigenvalue weighted by molar-refractivity contribution is -0.141. The lowest BCUT2D eigenvalue weighted by Crippen LogP contribution is -2.20. The van der Waals surface area contributed by atoms with Crippen molar-refractivity contribution in [3.05, 3.63) is 16.4 Å². The van der Waals surface area contributed by atoms with E-state index in [1.54, 1.807) is 0 Å². The molecule has 4 nitrogen and oxygen atoms in total. The van der Waals surface area contributed by atoms with E-state index in [0.29, 0.717) is 5.69 Å². The number of hydrogen-bond acceptors (Lipinski definition) is 2. The molecule has 0 aromatic carbocycles. The van der Waals surface area contributed by atoms with E-state index in [9.17, 15) is 18.0 Å². The summed E-state index contributed by atoms with van der Waals surface area (Å²) in [5, 5.41) is 5.62. The molecule has 2 rings (SSSR count). The molecule has 0 unspecified atom stereocenters. The molecule has 1 heterocycles. The summed E-state index contributed by atoms with van der Waals surface area (Å²) in [6, 6.07) is 0. The number of amides is 1. The Balaban J connectivity index is 2.28. The summed E-state index contributed by atoms with van der Waals surface area (Å²) in [5.41, 5.74) is -0.661. The van der Waals surface area contributed by atoms with Crippen molar-refractivity contribution in [2.45, 2.75) is 37.9 Å². The number of carbonyl (C=O) groups is 1. The van der Waals surface area contributed by atoms with Crippen molar-refractivity contribution >= 4 is 17.5 Å². The minimum atomic E-state index is -4.57. The standard InChI is InChI=1S/C11H13ClF3N3O/c1-16-7(19)4-5-18-9(6-2-3-6)8(12)10(17-18)11(13,14)15/h6H,2-5H2,1H3,(H,16,19). The first-order valence-corrected chi connectivity index (χ1v) is 6.26. The van der Waals surface area contributed by atoms with Crippen LogP contribution in [-0.4, -0.2) is 22.7 Å². The molecule has 1 aromatic heterocycles. The fourth-order valence-corrected chi connectivity index (χ4v) is 2.28. The van der Waals surface area contributed by atoms with Crippen molar-refractivity contribution in [2.24, 2.45) is 0 Å². The fourth-order valence-electron chi connectivity index (χ4n) is 1.88. The fraction of sp³-hybridized carbons (Fsp3) is 0.636. The van der Waals surface area contributed by atoms with Gasteiger partial charge in [-0.2, -0.15) is 18.3 Å². The summed E-state index contributed by atoms with van der Waals surface area (Å²) < 4.78 is 39.5. The van der Waals surface area contributed by atoms with Crippen LogP contribution in [0.5, 0.6) is 0 Å². The Bertz CT molecular complexity index is 494. The predicted octanol–water partition coefficient (Wildman–Crippen LogP) is 2.57. The van der Waals surface area contributed by atoms with Crippen molar-refractivity contribution in [3.63, 3.8) is 0 Å². The molecule has 8 heteroatoms. The van der Waals surface area contributed by atoms with Crippen LogP contribution < -0.4 is 5.32 Å². The number of alkyl halides is 3. The van der Waals surface area contributed by atoms with Crippen LogP contribution in [0.25, 0.3) is 0 Å². The highest BCUT2D eigenvalue weighted by atomic mass is 35.5. The maximum absolute atomic E-state index is 12.8. The van der Waals surface area contributed by atoms with Gasteiger partial charge in [0.1, 0.15) is 0 Å². The minimum Gasteiger partial charge on any atom is -0.359 e. The van der Waals surface area contributed by atoms with Gasteiger partial charge in [0.05, 0.1) is 17.3 Å². The highest BCUT2D eigenvalue weighted by Gasteiger charge is 2.41. The summed E-state index contributed by atoms with van der Waals surface area (Å²) in [6.45, 7) is 0.0985. The predicted molar refractivity (Wildman–Crippen MR) is 62.9 cm³/mol. The average molecular weight is 296 g/mol. The van der Waals surface area contributed by atoms with E-state index in [-0.39, 0.29) is 29.8 Å². The molecule has 0 radical (unpaired) electrons. The first kappa shape index (κ1) is 14.2. The van der Waals surface area contributed by atoms with Gasteiger partial charge in [0.25, 0.3) is 0 Å². The molecule has 1 N–H and O–H groups in total. The topological polar surface area (TPSA) is 46.9 Å². The number of aromatic nitrogens is 2. The van der Waals surface area contributed by atoms with E-state index in [1.807, 2.05) is 0 Å². The zero-order chi connectivity index (χ0) is 14.2. The number of nitrogens with zero attached hydrogens (tertiary/aromatic N) is 2. The number of rotatable bonds is 4. The van der Waals surface area contributed by atoms with Gasteiger partial charge in [0.2, 0.25) is 5.91 Å². The molecule has 0 bridgehead atoms. The molecule has 106 valence electrons. The molecule has 1 aliphatic carbocycles. The third-order valence-corrected chi connectivity index (χ3v) is 3.37. The Kier molecular flexibility index (Phi) is 3.75. The zero-order valence-electron chi connectivity index (χ0n) is 10.2. The highest BCUT2D eigenvalue weighted by Crippen LogP contribution is 2.46. The Labute approximate surface area is 112 Å². The summed E-state index contributed by atoms with van der Waals surface area (Å²) >= 11 is 5.79. The van der Waals surface area contributed by atoms with E-state index in [0.717, 1.165) is 12.8 Å². The van der Waals surface area contributed by atoms with Gasteiger partial charge in [0, 0.05) is 19.4 Å².